The Morgan fingerprint density at radius 2 is 2.27 bits per heavy atom. The average molecular weight is 158 g/mol. The maximum absolute atomic E-state index is 8.94. The summed E-state index contributed by atoms with van der Waals surface area (Å²) < 4.78 is 4.84. The summed E-state index contributed by atoms with van der Waals surface area (Å²) in [6.07, 6.45) is 4.49. The summed E-state index contributed by atoms with van der Waals surface area (Å²) in [5.41, 5.74) is 1.23. The number of aliphatic hydroxyl groups is 1. The lowest BCUT2D eigenvalue weighted by Gasteiger charge is -2.03. The first-order valence-corrected chi connectivity index (χ1v) is 4.03. The molecule has 0 aliphatic rings. The van der Waals surface area contributed by atoms with Crippen molar-refractivity contribution in [2.45, 2.75) is 39.2 Å². The minimum absolute atomic E-state index is 0.176. The Hall–Kier alpha value is -0.500. The molecule has 0 spiro atoms. The van der Waals surface area contributed by atoms with Crippen LogP contribution in [-0.4, -0.2) is 18.3 Å². The topological polar surface area (TPSA) is 29.5 Å². The number of methoxy groups -OCH3 is 1. The lowest BCUT2D eigenvalue weighted by atomic mass is 10.1. The van der Waals surface area contributed by atoms with Crippen LogP contribution in [0, 0.1) is 0 Å². The van der Waals surface area contributed by atoms with Crippen molar-refractivity contribution in [3.05, 3.63) is 11.8 Å². The van der Waals surface area contributed by atoms with Crippen molar-refractivity contribution in [3.63, 3.8) is 0 Å². The third kappa shape index (κ3) is 7.40. The van der Waals surface area contributed by atoms with Crippen molar-refractivity contribution in [2.75, 3.05) is 7.11 Å². The molecule has 0 saturated heterocycles. The Balaban J connectivity index is 3.31. The van der Waals surface area contributed by atoms with Crippen LogP contribution in [0.25, 0.3) is 0 Å². The zero-order valence-electron chi connectivity index (χ0n) is 7.63. The minimum Gasteiger partial charge on any atom is -0.504 e. The van der Waals surface area contributed by atoms with E-state index in [9.17, 15) is 0 Å². The van der Waals surface area contributed by atoms with Crippen LogP contribution in [-0.2, 0) is 4.74 Å². The molecule has 11 heavy (non-hydrogen) atoms. The van der Waals surface area contributed by atoms with Gasteiger partial charge in [0.2, 0.25) is 0 Å². The van der Waals surface area contributed by atoms with E-state index in [2.05, 4.69) is 0 Å². The van der Waals surface area contributed by atoms with Crippen molar-refractivity contribution in [3.8, 4) is 0 Å². The van der Waals surface area contributed by atoms with Crippen LogP contribution >= 0.6 is 0 Å². The van der Waals surface area contributed by atoms with E-state index in [0.29, 0.717) is 0 Å². The van der Waals surface area contributed by atoms with Gasteiger partial charge in [0.15, 0.2) is 0 Å². The van der Waals surface area contributed by atoms with Gasteiger partial charge in [0.05, 0.1) is 19.5 Å². The lowest BCUT2D eigenvalue weighted by Crippen LogP contribution is -1.98. The van der Waals surface area contributed by atoms with Crippen LogP contribution < -0.4 is 0 Å². The van der Waals surface area contributed by atoms with Crippen LogP contribution in [0.1, 0.15) is 33.1 Å². The molecule has 2 heteroatoms. The Bertz CT molecular complexity index is 117. The zero-order chi connectivity index (χ0) is 8.69. The molecule has 2 nitrogen and oxygen atoms in total. The van der Waals surface area contributed by atoms with Crippen molar-refractivity contribution in [1.29, 1.82) is 0 Å². The molecule has 0 aromatic heterocycles. The molecule has 0 aliphatic carbocycles. The summed E-state index contributed by atoms with van der Waals surface area (Å²) >= 11 is 0. The number of aliphatic hydroxyl groups excluding tert-OH is 1. The van der Waals surface area contributed by atoms with E-state index in [4.69, 9.17) is 9.84 Å². The summed E-state index contributed by atoms with van der Waals surface area (Å²) in [6, 6.07) is 0. The number of ether oxygens (including phenoxy) is 1. The van der Waals surface area contributed by atoms with Gasteiger partial charge >= 0.3 is 0 Å². The average Bonchev–Trinajstić information content (AvgIpc) is 1.87. The molecule has 0 saturated carbocycles. The van der Waals surface area contributed by atoms with Crippen LogP contribution in [0.2, 0.25) is 0 Å². The van der Waals surface area contributed by atoms with Crippen molar-refractivity contribution < 1.29 is 9.84 Å². The third-order valence-electron chi connectivity index (χ3n) is 1.51. The van der Waals surface area contributed by atoms with Crippen molar-refractivity contribution in [2.24, 2.45) is 0 Å². The molecule has 0 bridgehead atoms. The van der Waals surface area contributed by atoms with Gasteiger partial charge in [0, 0.05) is 0 Å². The Kier molecular flexibility index (Phi) is 5.94. The SMILES string of the molecule is CO/C=C(\C)CCCC(C)O. The normalized spacial score (nSPS) is 14.7. The predicted octanol–water partition coefficient (Wildman–Crippen LogP) is 2.09. The Morgan fingerprint density at radius 1 is 1.64 bits per heavy atom. The number of rotatable bonds is 5. The van der Waals surface area contributed by atoms with E-state index in [1.807, 2.05) is 13.8 Å². The van der Waals surface area contributed by atoms with E-state index in [1.165, 1.54) is 5.57 Å². The number of allylic oxidation sites excluding steroid dienone is 1. The summed E-state index contributed by atoms with van der Waals surface area (Å²) in [7, 11) is 1.65. The lowest BCUT2D eigenvalue weighted by molar-refractivity contribution is 0.181. The first kappa shape index (κ1) is 10.5. The molecule has 0 heterocycles. The van der Waals surface area contributed by atoms with Crippen LogP contribution in [0.3, 0.4) is 0 Å². The number of hydrogen-bond acceptors (Lipinski definition) is 2. The first-order valence-electron chi connectivity index (χ1n) is 4.03. The van der Waals surface area contributed by atoms with Gasteiger partial charge in [-0.3, -0.25) is 0 Å². The van der Waals surface area contributed by atoms with E-state index in [-0.39, 0.29) is 6.10 Å². The molecule has 0 aliphatic heterocycles. The van der Waals surface area contributed by atoms with Crippen LogP contribution in [0.15, 0.2) is 11.8 Å². The minimum atomic E-state index is -0.176. The standard InChI is InChI=1S/C9H18O2/c1-8(7-11-3)5-4-6-9(2)10/h7,9-10H,4-6H2,1-3H3/b8-7+. The molecule has 0 aromatic carbocycles. The monoisotopic (exact) mass is 158 g/mol. The van der Waals surface area contributed by atoms with E-state index in [0.717, 1.165) is 19.3 Å². The molecule has 0 amide bonds. The molecular formula is C9H18O2. The fraction of sp³-hybridized carbons (Fsp3) is 0.778. The molecule has 1 atom stereocenters. The molecule has 0 rings (SSSR count). The summed E-state index contributed by atoms with van der Waals surface area (Å²) in [4.78, 5) is 0. The molecule has 66 valence electrons. The highest BCUT2D eigenvalue weighted by molar-refractivity contribution is 4.92. The van der Waals surface area contributed by atoms with Crippen molar-refractivity contribution in [1.82, 2.24) is 0 Å². The fourth-order valence-electron chi connectivity index (χ4n) is 0.936. The van der Waals surface area contributed by atoms with Gasteiger partial charge in [0.1, 0.15) is 0 Å². The molecule has 0 aromatic rings. The maximum atomic E-state index is 8.94. The van der Waals surface area contributed by atoms with Gasteiger partial charge < -0.3 is 9.84 Å². The summed E-state index contributed by atoms with van der Waals surface area (Å²) in [5.74, 6) is 0. The largest absolute Gasteiger partial charge is 0.504 e. The van der Waals surface area contributed by atoms with E-state index in [1.54, 1.807) is 13.4 Å². The van der Waals surface area contributed by atoms with Crippen LogP contribution in [0.4, 0.5) is 0 Å². The van der Waals surface area contributed by atoms with Crippen LogP contribution in [0.5, 0.6) is 0 Å². The summed E-state index contributed by atoms with van der Waals surface area (Å²) in [5, 5.41) is 8.94. The third-order valence-corrected chi connectivity index (χ3v) is 1.51. The molecule has 0 radical (unpaired) electrons. The predicted molar refractivity (Wildman–Crippen MR) is 46.3 cm³/mol. The van der Waals surface area contributed by atoms with E-state index >= 15 is 0 Å². The highest BCUT2D eigenvalue weighted by Crippen LogP contribution is 2.07. The molecule has 0 fully saturated rings. The van der Waals surface area contributed by atoms with Gasteiger partial charge in [-0.2, -0.15) is 0 Å². The zero-order valence-corrected chi connectivity index (χ0v) is 7.63. The van der Waals surface area contributed by atoms with Gasteiger partial charge in [-0.15, -0.1) is 0 Å². The second-order valence-electron chi connectivity index (χ2n) is 2.94. The van der Waals surface area contributed by atoms with Crippen molar-refractivity contribution >= 4 is 0 Å². The second-order valence-corrected chi connectivity index (χ2v) is 2.94. The quantitative estimate of drug-likeness (QED) is 0.621. The molecule has 1 N–H and O–H groups in total. The first-order chi connectivity index (χ1) is 5.16. The highest BCUT2D eigenvalue weighted by Gasteiger charge is 1.95. The fourth-order valence-corrected chi connectivity index (χ4v) is 0.936. The van der Waals surface area contributed by atoms with E-state index < -0.39 is 0 Å². The molecule has 1 unspecified atom stereocenters. The van der Waals surface area contributed by atoms with Gasteiger partial charge in [-0.25, -0.2) is 0 Å². The van der Waals surface area contributed by atoms with Gasteiger partial charge in [-0.05, 0) is 38.7 Å². The Morgan fingerprint density at radius 3 is 2.73 bits per heavy atom. The second kappa shape index (κ2) is 6.23. The Labute approximate surface area is 68.9 Å². The molecular weight excluding hydrogens is 140 g/mol. The van der Waals surface area contributed by atoms with Gasteiger partial charge in [-0.1, -0.05) is 0 Å². The number of hydrogen-bond donors (Lipinski definition) is 1. The summed E-state index contributed by atoms with van der Waals surface area (Å²) in [6.45, 7) is 3.85. The smallest absolute Gasteiger partial charge is 0.0813 e. The highest BCUT2D eigenvalue weighted by atomic mass is 16.5. The maximum Gasteiger partial charge on any atom is 0.0813 e. The van der Waals surface area contributed by atoms with Gasteiger partial charge in [0.25, 0.3) is 0 Å².